The summed E-state index contributed by atoms with van der Waals surface area (Å²) in [5, 5.41) is 14.6. The molecule has 2 amide bonds. The molecule has 2 aromatic heterocycles. The van der Waals surface area contributed by atoms with Crippen molar-refractivity contribution in [1.29, 1.82) is 0 Å². The molecule has 3 heterocycles. The SMILES string of the molecule is Cc1cccc(C)c1-c1cc(C(CC(=O)O)NC(=O)[C@@H](CC(C)C)N2CC(c3ccccn3)CCC2=O)cs1. The van der Waals surface area contributed by atoms with Gasteiger partial charge in [0.2, 0.25) is 11.8 Å². The van der Waals surface area contributed by atoms with Gasteiger partial charge in [-0.3, -0.25) is 19.4 Å². The molecule has 3 aromatic rings. The minimum absolute atomic E-state index is 0.0504. The second kappa shape index (κ2) is 12.6. The number of nitrogens with zero attached hydrogens (tertiary/aromatic N) is 2. The summed E-state index contributed by atoms with van der Waals surface area (Å²) in [6.07, 6.45) is 3.04. The Bertz CT molecular complexity index is 1300. The van der Waals surface area contributed by atoms with Gasteiger partial charge < -0.3 is 15.3 Å². The van der Waals surface area contributed by atoms with Gasteiger partial charge in [0.15, 0.2) is 0 Å². The minimum Gasteiger partial charge on any atom is -0.481 e. The summed E-state index contributed by atoms with van der Waals surface area (Å²) in [7, 11) is 0. The molecular formula is C31H37N3O4S. The molecule has 7 nitrogen and oxygen atoms in total. The Labute approximate surface area is 234 Å². The van der Waals surface area contributed by atoms with Crippen molar-refractivity contribution in [2.24, 2.45) is 5.92 Å². The molecule has 8 heteroatoms. The smallest absolute Gasteiger partial charge is 0.305 e. The number of benzene rings is 1. The standard InChI is InChI=1S/C31H37N3O4S/c1-19(2)14-26(34-17-22(11-12-28(34)35)24-10-5-6-13-32-24)31(38)33-25(16-29(36)37)23-15-27(39-18-23)30-20(3)8-7-9-21(30)4/h5-10,13,15,18-19,22,25-26H,11-12,14,16-17H2,1-4H3,(H,33,38)(H,36,37)/t22?,25?,26-/m1/s1. The number of aliphatic carboxylic acids is 1. The molecule has 3 atom stereocenters. The fourth-order valence-electron chi connectivity index (χ4n) is 5.42. The number of likely N-dealkylation sites (tertiary alicyclic amines) is 1. The molecule has 0 radical (unpaired) electrons. The lowest BCUT2D eigenvalue weighted by Gasteiger charge is -2.38. The van der Waals surface area contributed by atoms with Gasteiger partial charge in [0.25, 0.3) is 0 Å². The van der Waals surface area contributed by atoms with Crippen molar-refractivity contribution < 1.29 is 19.5 Å². The predicted octanol–water partition coefficient (Wildman–Crippen LogP) is 5.88. The van der Waals surface area contributed by atoms with Gasteiger partial charge in [-0.15, -0.1) is 11.3 Å². The lowest BCUT2D eigenvalue weighted by atomic mass is 9.90. The van der Waals surface area contributed by atoms with Crippen molar-refractivity contribution in [1.82, 2.24) is 15.2 Å². The maximum absolute atomic E-state index is 13.8. The van der Waals surface area contributed by atoms with Crippen LogP contribution in [0.1, 0.15) is 73.9 Å². The third-order valence-electron chi connectivity index (χ3n) is 7.37. The number of nitrogens with one attached hydrogen (secondary N) is 1. The third-order valence-corrected chi connectivity index (χ3v) is 8.33. The lowest BCUT2D eigenvalue weighted by molar-refractivity contribution is -0.144. The van der Waals surface area contributed by atoms with E-state index in [1.807, 2.05) is 49.6 Å². The first-order valence-corrected chi connectivity index (χ1v) is 14.4. The summed E-state index contributed by atoms with van der Waals surface area (Å²) in [6, 6.07) is 12.5. The first kappa shape index (κ1) is 28.5. The van der Waals surface area contributed by atoms with Crippen LogP contribution in [0, 0.1) is 19.8 Å². The maximum Gasteiger partial charge on any atom is 0.305 e. The van der Waals surface area contributed by atoms with Crippen LogP contribution in [0.5, 0.6) is 0 Å². The number of hydrogen-bond donors (Lipinski definition) is 2. The number of rotatable bonds is 10. The summed E-state index contributed by atoms with van der Waals surface area (Å²) in [5.41, 5.74) is 5.09. The van der Waals surface area contributed by atoms with Crippen LogP contribution in [-0.2, 0) is 14.4 Å². The first-order valence-electron chi connectivity index (χ1n) is 13.5. The molecule has 1 fully saturated rings. The third kappa shape index (κ3) is 6.92. The molecule has 1 aliphatic heterocycles. The Hall–Kier alpha value is -3.52. The highest BCUT2D eigenvalue weighted by molar-refractivity contribution is 7.13. The van der Waals surface area contributed by atoms with Crippen LogP contribution in [0.15, 0.2) is 54.0 Å². The second-order valence-corrected chi connectivity index (χ2v) is 11.8. The van der Waals surface area contributed by atoms with Crippen LogP contribution in [-0.4, -0.2) is 45.4 Å². The molecule has 4 rings (SSSR count). The molecule has 0 aliphatic carbocycles. The van der Waals surface area contributed by atoms with Crippen molar-refractivity contribution in [2.45, 2.75) is 71.4 Å². The fourth-order valence-corrected chi connectivity index (χ4v) is 6.56. The molecule has 1 aliphatic rings. The van der Waals surface area contributed by atoms with Crippen molar-refractivity contribution in [3.63, 3.8) is 0 Å². The summed E-state index contributed by atoms with van der Waals surface area (Å²) in [5.74, 6) is -1.14. The van der Waals surface area contributed by atoms with Gasteiger partial charge in [0.1, 0.15) is 6.04 Å². The molecule has 39 heavy (non-hydrogen) atoms. The fraction of sp³-hybridized carbons (Fsp3) is 0.419. The summed E-state index contributed by atoms with van der Waals surface area (Å²) >= 11 is 1.54. The second-order valence-electron chi connectivity index (χ2n) is 10.9. The van der Waals surface area contributed by atoms with Crippen LogP contribution in [0.25, 0.3) is 10.4 Å². The van der Waals surface area contributed by atoms with E-state index in [2.05, 4.69) is 36.3 Å². The van der Waals surface area contributed by atoms with Crippen molar-refractivity contribution in [3.05, 3.63) is 76.4 Å². The largest absolute Gasteiger partial charge is 0.481 e. The van der Waals surface area contributed by atoms with Crippen LogP contribution in [0.3, 0.4) is 0 Å². The molecule has 0 bridgehead atoms. The van der Waals surface area contributed by atoms with E-state index < -0.39 is 18.1 Å². The Kier molecular flexibility index (Phi) is 9.17. The molecule has 206 valence electrons. The zero-order valence-corrected chi connectivity index (χ0v) is 23.8. The van der Waals surface area contributed by atoms with E-state index in [9.17, 15) is 19.5 Å². The number of carbonyl (C=O) groups is 3. The minimum atomic E-state index is -0.996. The highest BCUT2D eigenvalue weighted by atomic mass is 32.1. The monoisotopic (exact) mass is 547 g/mol. The van der Waals surface area contributed by atoms with Gasteiger partial charge in [0.05, 0.1) is 12.5 Å². The summed E-state index contributed by atoms with van der Waals surface area (Å²) < 4.78 is 0. The van der Waals surface area contributed by atoms with E-state index in [4.69, 9.17) is 0 Å². The van der Waals surface area contributed by atoms with Gasteiger partial charge in [-0.1, -0.05) is 38.1 Å². The Balaban J connectivity index is 1.59. The number of carboxylic acid groups (broad SMARTS) is 1. The summed E-state index contributed by atoms with van der Waals surface area (Å²) in [6.45, 7) is 8.58. The van der Waals surface area contributed by atoms with Crippen molar-refractivity contribution in [3.8, 4) is 10.4 Å². The molecule has 1 aromatic carbocycles. The van der Waals surface area contributed by atoms with Crippen LogP contribution in [0.4, 0.5) is 0 Å². The number of aryl methyl sites for hydroxylation is 2. The number of pyridine rings is 1. The number of amides is 2. The number of carboxylic acids is 1. The van der Waals surface area contributed by atoms with E-state index in [0.29, 0.717) is 25.8 Å². The quantitative estimate of drug-likeness (QED) is 0.330. The van der Waals surface area contributed by atoms with Crippen molar-refractivity contribution >= 4 is 29.1 Å². The molecule has 0 saturated carbocycles. The molecular weight excluding hydrogens is 510 g/mol. The number of carbonyl (C=O) groups excluding carboxylic acids is 2. The number of thiophene rings is 1. The average molecular weight is 548 g/mol. The molecule has 2 unspecified atom stereocenters. The van der Waals surface area contributed by atoms with Crippen LogP contribution >= 0.6 is 11.3 Å². The number of piperidine rings is 1. The molecule has 1 saturated heterocycles. The molecule has 0 spiro atoms. The van der Waals surface area contributed by atoms with E-state index in [0.717, 1.165) is 32.8 Å². The normalized spacial score (nSPS) is 17.2. The van der Waals surface area contributed by atoms with Gasteiger partial charge in [-0.25, -0.2) is 0 Å². The highest BCUT2D eigenvalue weighted by Crippen LogP contribution is 2.35. The lowest BCUT2D eigenvalue weighted by Crippen LogP contribution is -2.53. The zero-order chi connectivity index (χ0) is 28.1. The maximum atomic E-state index is 13.8. The molecule has 2 N–H and O–H groups in total. The van der Waals surface area contributed by atoms with Gasteiger partial charge in [-0.05, 0) is 78.4 Å². The predicted molar refractivity (Wildman–Crippen MR) is 154 cm³/mol. The van der Waals surface area contributed by atoms with Gasteiger partial charge in [0, 0.05) is 35.7 Å². The Morgan fingerprint density at radius 1 is 1.15 bits per heavy atom. The highest BCUT2D eigenvalue weighted by Gasteiger charge is 2.37. The van der Waals surface area contributed by atoms with Crippen LogP contribution < -0.4 is 5.32 Å². The zero-order valence-electron chi connectivity index (χ0n) is 23.0. The van der Waals surface area contributed by atoms with Crippen molar-refractivity contribution in [2.75, 3.05) is 6.54 Å². The average Bonchev–Trinajstić information content (AvgIpc) is 3.37. The summed E-state index contributed by atoms with van der Waals surface area (Å²) in [4.78, 5) is 45.9. The van der Waals surface area contributed by atoms with E-state index in [1.165, 1.54) is 0 Å². The van der Waals surface area contributed by atoms with Gasteiger partial charge in [-0.2, -0.15) is 0 Å². The number of hydrogen-bond acceptors (Lipinski definition) is 5. The van der Waals surface area contributed by atoms with E-state index in [-0.39, 0.29) is 30.1 Å². The topological polar surface area (TPSA) is 99.6 Å². The van der Waals surface area contributed by atoms with E-state index in [1.54, 1.807) is 22.4 Å². The van der Waals surface area contributed by atoms with Crippen LogP contribution in [0.2, 0.25) is 0 Å². The Morgan fingerprint density at radius 3 is 2.54 bits per heavy atom. The number of aromatic nitrogens is 1. The Morgan fingerprint density at radius 2 is 1.90 bits per heavy atom. The van der Waals surface area contributed by atoms with E-state index >= 15 is 0 Å². The van der Waals surface area contributed by atoms with Gasteiger partial charge >= 0.3 is 5.97 Å². The first-order chi connectivity index (χ1) is 18.6.